The van der Waals surface area contributed by atoms with Crippen molar-refractivity contribution in [2.24, 2.45) is 0 Å². The molecule has 0 amide bonds. The summed E-state index contributed by atoms with van der Waals surface area (Å²) < 4.78 is 7.60. The first-order valence-electron chi connectivity index (χ1n) is 5.98. The van der Waals surface area contributed by atoms with Crippen LogP contribution >= 0.6 is 0 Å². The fourth-order valence-electron chi connectivity index (χ4n) is 1.77. The molecule has 0 unspecified atom stereocenters. The Hall–Kier alpha value is -2.04. The van der Waals surface area contributed by atoms with Crippen molar-refractivity contribution in [1.29, 1.82) is 0 Å². The summed E-state index contributed by atoms with van der Waals surface area (Å²) in [7, 11) is 0. The number of nitrogen functional groups attached to an aromatic ring is 1. The van der Waals surface area contributed by atoms with Gasteiger partial charge in [0.25, 0.3) is 0 Å². The number of aromatic nitrogens is 3. The molecule has 0 spiro atoms. The van der Waals surface area contributed by atoms with Crippen LogP contribution in [-0.2, 0) is 13.2 Å². The van der Waals surface area contributed by atoms with Gasteiger partial charge in [0, 0.05) is 12.2 Å². The molecule has 1 aromatic heterocycles. The van der Waals surface area contributed by atoms with E-state index in [4.69, 9.17) is 10.5 Å². The average Bonchev–Trinajstić information content (AvgIpc) is 2.79. The highest BCUT2D eigenvalue weighted by Crippen LogP contribution is 2.24. The van der Waals surface area contributed by atoms with Crippen LogP contribution in [0, 0.1) is 13.8 Å². The number of nitrogens with two attached hydrogens (primary N) is 1. The minimum atomic E-state index is 0.415. The van der Waals surface area contributed by atoms with Crippen molar-refractivity contribution in [3.05, 3.63) is 35.4 Å². The molecule has 5 heteroatoms. The van der Waals surface area contributed by atoms with E-state index >= 15 is 0 Å². The Labute approximate surface area is 107 Å². The monoisotopic (exact) mass is 246 g/mol. The Morgan fingerprint density at radius 2 is 2.06 bits per heavy atom. The van der Waals surface area contributed by atoms with E-state index in [0.717, 1.165) is 34.9 Å². The van der Waals surface area contributed by atoms with E-state index in [-0.39, 0.29) is 0 Å². The number of nitrogens with zero attached hydrogens (tertiary/aromatic N) is 3. The first kappa shape index (κ1) is 12.4. The van der Waals surface area contributed by atoms with Crippen LogP contribution < -0.4 is 10.5 Å². The van der Waals surface area contributed by atoms with Gasteiger partial charge in [-0.2, -0.15) is 5.10 Å². The van der Waals surface area contributed by atoms with E-state index < -0.39 is 0 Å². The maximum absolute atomic E-state index is 5.84. The third-order valence-electron chi connectivity index (χ3n) is 2.92. The zero-order valence-electron chi connectivity index (χ0n) is 11.0. The summed E-state index contributed by atoms with van der Waals surface area (Å²) >= 11 is 0. The normalized spacial score (nSPS) is 10.6. The fraction of sp³-hybridized carbons (Fsp3) is 0.385. The van der Waals surface area contributed by atoms with Crippen molar-refractivity contribution in [3.63, 3.8) is 0 Å². The third-order valence-corrected chi connectivity index (χ3v) is 2.92. The summed E-state index contributed by atoms with van der Waals surface area (Å²) in [6, 6.07) is 3.88. The second kappa shape index (κ2) is 5.08. The lowest BCUT2D eigenvalue weighted by Crippen LogP contribution is -2.08. The molecule has 0 atom stereocenters. The largest absolute Gasteiger partial charge is 0.485 e. The Morgan fingerprint density at radius 1 is 1.28 bits per heavy atom. The lowest BCUT2D eigenvalue weighted by Gasteiger charge is -2.11. The quantitative estimate of drug-likeness (QED) is 0.839. The lowest BCUT2D eigenvalue weighted by atomic mass is 10.1. The number of anilines is 1. The second-order valence-electron chi connectivity index (χ2n) is 4.25. The van der Waals surface area contributed by atoms with Gasteiger partial charge in [-0.25, -0.2) is 9.67 Å². The number of hydrogen-bond acceptors (Lipinski definition) is 4. The minimum absolute atomic E-state index is 0.415. The number of hydrogen-bond donors (Lipinski definition) is 1. The summed E-state index contributed by atoms with van der Waals surface area (Å²) in [4.78, 5) is 4.17. The van der Waals surface area contributed by atoms with Crippen LogP contribution in [0.15, 0.2) is 18.5 Å². The van der Waals surface area contributed by atoms with Crippen LogP contribution in [0.25, 0.3) is 0 Å². The van der Waals surface area contributed by atoms with E-state index in [1.165, 1.54) is 0 Å². The standard InChI is InChI=1S/C13H18N4O/c1-4-17-13(15-8-16-17)7-18-12-6-9(2)11(14)5-10(12)3/h5-6,8H,4,7,14H2,1-3H3. The van der Waals surface area contributed by atoms with Gasteiger partial charge in [0.2, 0.25) is 0 Å². The number of aryl methyl sites for hydroxylation is 3. The average molecular weight is 246 g/mol. The topological polar surface area (TPSA) is 66.0 Å². The summed E-state index contributed by atoms with van der Waals surface area (Å²) in [5.74, 6) is 1.67. The predicted molar refractivity (Wildman–Crippen MR) is 70.4 cm³/mol. The van der Waals surface area contributed by atoms with Crippen molar-refractivity contribution in [2.45, 2.75) is 33.9 Å². The maximum Gasteiger partial charge on any atom is 0.164 e. The first-order chi connectivity index (χ1) is 8.61. The molecular formula is C13H18N4O. The van der Waals surface area contributed by atoms with Gasteiger partial charge in [-0.1, -0.05) is 0 Å². The van der Waals surface area contributed by atoms with Crippen molar-refractivity contribution in [3.8, 4) is 5.75 Å². The number of ether oxygens (including phenoxy) is 1. The zero-order valence-corrected chi connectivity index (χ0v) is 11.0. The van der Waals surface area contributed by atoms with E-state index in [1.807, 2.05) is 37.6 Å². The SMILES string of the molecule is CCn1ncnc1COc1cc(C)c(N)cc1C. The third kappa shape index (κ3) is 2.45. The van der Waals surface area contributed by atoms with Crippen molar-refractivity contribution in [1.82, 2.24) is 14.8 Å². The molecule has 0 saturated carbocycles. The van der Waals surface area contributed by atoms with Gasteiger partial charge in [0.1, 0.15) is 18.7 Å². The Bertz CT molecular complexity index is 548. The number of rotatable bonds is 4. The summed E-state index contributed by atoms with van der Waals surface area (Å²) in [5, 5.41) is 4.11. The summed E-state index contributed by atoms with van der Waals surface area (Å²) in [6.07, 6.45) is 1.54. The highest BCUT2D eigenvalue weighted by Gasteiger charge is 2.07. The molecule has 0 aliphatic carbocycles. The molecule has 0 aliphatic heterocycles. The van der Waals surface area contributed by atoms with Crippen LogP contribution in [0.2, 0.25) is 0 Å². The van der Waals surface area contributed by atoms with Gasteiger partial charge < -0.3 is 10.5 Å². The lowest BCUT2D eigenvalue weighted by molar-refractivity contribution is 0.285. The molecule has 0 aliphatic rings. The molecule has 2 aromatic rings. The fourth-order valence-corrected chi connectivity index (χ4v) is 1.77. The van der Waals surface area contributed by atoms with Gasteiger partial charge >= 0.3 is 0 Å². The second-order valence-corrected chi connectivity index (χ2v) is 4.25. The Balaban J connectivity index is 2.13. The molecule has 2 rings (SSSR count). The van der Waals surface area contributed by atoms with Crippen LogP contribution in [0.4, 0.5) is 5.69 Å². The van der Waals surface area contributed by atoms with E-state index in [0.29, 0.717) is 6.61 Å². The molecule has 96 valence electrons. The summed E-state index contributed by atoms with van der Waals surface area (Å²) in [6.45, 7) is 7.18. The molecule has 18 heavy (non-hydrogen) atoms. The highest BCUT2D eigenvalue weighted by atomic mass is 16.5. The predicted octanol–water partition coefficient (Wildman–Crippen LogP) is 2.08. The van der Waals surface area contributed by atoms with Crippen molar-refractivity contribution >= 4 is 5.69 Å². The molecule has 0 saturated heterocycles. The van der Waals surface area contributed by atoms with Crippen LogP contribution in [0.3, 0.4) is 0 Å². The van der Waals surface area contributed by atoms with Crippen LogP contribution in [-0.4, -0.2) is 14.8 Å². The Morgan fingerprint density at radius 3 is 2.78 bits per heavy atom. The maximum atomic E-state index is 5.84. The number of benzene rings is 1. The minimum Gasteiger partial charge on any atom is -0.485 e. The van der Waals surface area contributed by atoms with E-state index in [1.54, 1.807) is 6.33 Å². The molecule has 1 aromatic carbocycles. The summed E-state index contributed by atoms with van der Waals surface area (Å²) in [5.41, 5.74) is 8.68. The zero-order chi connectivity index (χ0) is 13.1. The van der Waals surface area contributed by atoms with Gasteiger partial charge in [-0.15, -0.1) is 0 Å². The van der Waals surface area contributed by atoms with Crippen LogP contribution in [0.5, 0.6) is 5.75 Å². The van der Waals surface area contributed by atoms with Gasteiger partial charge in [0.15, 0.2) is 5.82 Å². The van der Waals surface area contributed by atoms with E-state index in [2.05, 4.69) is 10.1 Å². The smallest absolute Gasteiger partial charge is 0.164 e. The van der Waals surface area contributed by atoms with Gasteiger partial charge in [-0.3, -0.25) is 0 Å². The molecule has 0 fully saturated rings. The van der Waals surface area contributed by atoms with Gasteiger partial charge in [0.05, 0.1) is 0 Å². The van der Waals surface area contributed by atoms with E-state index in [9.17, 15) is 0 Å². The molecule has 2 N–H and O–H groups in total. The molecule has 1 heterocycles. The van der Waals surface area contributed by atoms with Crippen molar-refractivity contribution < 1.29 is 4.74 Å². The molecule has 0 bridgehead atoms. The van der Waals surface area contributed by atoms with Crippen molar-refractivity contribution in [2.75, 3.05) is 5.73 Å². The molecule has 5 nitrogen and oxygen atoms in total. The molecular weight excluding hydrogens is 228 g/mol. The van der Waals surface area contributed by atoms with Crippen LogP contribution in [0.1, 0.15) is 23.9 Å². The Kier molecular flexibility index (Phi) is 3.50. The first-order valence-corrected chi connectivity index (χ1v) is 5.98. The van der Waals surface area contributed by atoms with Gasteiger partial charge in [-0.05, 0) is 44.0 Å². The molecule has 0 radical (unpaired) electrons. The highest BCUT2D eigenvalue weighted by molar-refractivity contribution is 5.53.